The zero-order valence-electron chi connectivity index (χ0n) is 27.0. The lowest BCUT2D eigenvalue weighted by Gasteiger charge is -2.59. The summed E-state index contributed by atoms with van der Waals surface area (Å²) in [6, 6.07) is 5.25. The lowest BCUT2D eigenvalue weighted by atomic mass is 9.55. The first-order valence-electron chi connectivity index (χ1n) is 16.1. The van der Waals surface area contributed by atoms with Crippen LogP contribution < -0.4 is 9.47 Å². The number of amides is 1. The number of benzene rings is 1. The molecule has 1 heterocycles. The smallest absolute Gasteiger partial charge is 0.409 e. The third-order valence-electron chi connectivity index (χ3n) is 9.24. The van der Waals surface area contributed by atoms with Crippen LogP contribution in [0.1, 0.15) is 63.4 Å². The van der Waals surface area contributed by atoms with Crippen LogP contribution in [-0.2, 0) is 14.3 Å². The van der Waals surface area contributed by atoms with Crippen LogP contribution in [-0.4, -0.2) is 85.9 Å². The summed E-state index contributed by atoms with van der Waals surface area (Å²) in [4.78, 5) is 20.3. The van der Waals surface area contributed by atoms with Gasteiger partial charge in [-0.25, -0.2) is 4.79 Å². The van der Waals surface area contributed by atoms with Crippen molar-refractivity contribution in [2.45, 2.75) is 69.6 Å². The van der Waals surface area contributed by atoms with Gasteiger partial charge in [-0.3, -0.25) is 0 Å². The third-order valence-corrected chi connectivity index (χ3v) is 9.24. The molecule has 248 valence electrons. The van der Waals surface area contributed by atoms with Gasteiger partial charge in [-0.2, -0.15) is 0 Å². The van der Waals surface area contributed by atoms with Crippen LogP contribution in [0.2, 0.25) is 0 Å². The molecule has 1 aromatic rings. The molecule has 2 aliphatic carbocycles. The molecule has 1 amide bonds. The molecule has 1 saturated carbocycles. The summed E-state index contributed by atoms with van der Waals surface area (Å²) in [6.45, 7) is 10.6. The van der Waals surface area contributed by atoms with Gasteiger partial charge in [-0.05, 0) is 68.2 Å². The number of likely N-dealkylation sites (N-methyl/N-ethyl adjacent to an activating group) is 1. The average Bonchev–Trinajstić information content (AvgIpc) is 3.04. The number of hydrogen-bond acceptors (Lipinski definition) is 9. The maximum Gasteiger partial charge on any atom is 0.409 e. The number of aliphatic hydroxyl groups is 2. The van der Waals surface area contributed by atoms with Gasteiger partial charge in [-0.1, -0.05) is 42.8 Å². The van der Waals surface area contributed by atoms with E-state index in [-0.39, 0.29) is 50.1 Å². The van der Waals surface area contributed by atoms with Crippen LogP contribution in [0.5, 0.6) is 11.5 Å². The maximum absolute atomic E-state index is 13.3. The number of carbonyl (C=O) groups is 1. The Balaban J connectivity index is 1.99. The fraction of sp³-hybridized carbons (Fsp3) is 0.600. The minimum Gasteiger partial charge on any atom is -0.490 e. The maximum atomic E-state index is 13.3. The fourth-order valence-electron chi connectivity index (χ4n) is 7.44. The van der Waals surface area contributed by atoms with Gasteiger partial charge < -0.3 is 38.9 Å². The second-order valence-corrected chi connectivity index (χ2v) is 11.9. The van der Waals surface area contributed by atoms with E-state index in [0.717, 1.165) is 42.5 Å². The Morgan fingerprint density at radius 1 is 1.13 bits per heavy atom. The molecule has 0 saturated heterocycles. The summed E-state index contributed by atoms with van der Waals surface area (Å²) in [5, 5.41) is 23.8. The quantitative estimate of drug-likeness (QED) is 0.130. The van der Waals surface area contributed by atoms with Crippen LogP contribution in [0.4, 0.5) is 4.79 Å². The van der Waals surface area contributed by atoms with Crippen LogP contribution in [0.25, 0.3) is 0 Å². The van der Waals surface area contributed by atoms with Crippen molar-refractivity contribution in [2.75, 3.05) is 47.2 Å². The monoisotopic (exact) mass is 626 g/mol. The van der Waals surface area contributed by atoms with Crippen LogP contribution in [0, 0.1) is 17.8 Å². The Morgan fingerprint density at radius 3 is 2.53 bits per heavy atom. The van der Waals surface area contributed by atoms with Gasteiger partial charge in [-0.15, -0.1) is 6.58 Å². The number of unbranched alkanes of at least 4 members (excludes halogenated alkanes) is 2. The Bertz CT molecular complexity index is 1230. The predicted octanol–water partition coefficient (Wildman–Crippen LogP) is 5.60. The van der Waals surface area contributed by atoms with E-state index in [1.807, 2.05) is 12.1 Å². The molecule has 1 aliphatic heterocycles. The van der Waals surface area contributed by atoms with Crippen LogP contribution in [0.3, 0.4) is 0 Å². The third kappa shape index (κ3) is 7.23. The molecule has 0 aromatic heterocycles. The molecule has 45 heavy (non-hydrogen) atoms. The predicted molar refractivity (Wildman–Crippen MR) is 172 cm³/mol. The summed E-state index contributed by atoms with van der Waals surface area (Å²) < 4.78 is 25.2. The molecule has 3 aliphatic rings. The molecule has 1 aromatic carbocycles. The molecule has 6 atom stereocenters. The van der Waals surface area contributed by atoms with Crippen molar-refractivity contribution in [3.05, 3.63) is 60.7 Å². The zero-order chi connectivity index (χ0) is 32.4. The SMILES string of the molecule is C=CCOc1ccc2c(c1)C1C(CCCCO)C(CCCCO)C=C3C(=NOC)CC(N(C)C(=O)OCC)C(OCC=C)(O2)C31. The highest BCUT2D eigenvalue weighted by Gasteiger charge is 2.65. The van der Waals surface area contributed by atoms with Crippen molar-refractivity contribution < 1.29 is 38.8 Å². The van der Waals surface area contributed by atoms with Gasteiger partial charge in [0.1, 0.15) is 31.3 Å². The Hall–Kier alpha value is -3.34. The van der Waals surface area contributed by atoms with Crippen molar-refractivity contribution in [3.8, 4) is 11.5 Å². The average molecular weight is 627 g/mol. The van der Waals surface area contributed by atoms with Crippen molar-refractivity contribution in [2.24, 2.45) is 22.9 Å². The summed E-state index contributed by atoms with van der Waals surface area (Å²) in [5.41, 5.74) is 2.72. The van der Waals surface area contributed by atoms with Crippen molar-refractivity contribution in [1.82, 2.24) is 4.90 Å². The molecule has 10 heteroatoms. The number of rotatable bonds is 17. The highest BCUT2D eigenvalue weighted by Crippen LogP contribution is 2.61. The first kappa shape index (κ1) is 34.5. The molecule has 2 N–H and O–H groups in total. The van der Waals surface area contributed by atoms with Crippen molar-refractivity contribution >= 4 is 11.8 Å². The normalized spacial score (nSPS) is 27.4. The number of aliphatic hydroxyl groups excluding tert-OH is 2. The highest BCUT2D eigenvalue weighted by molar-refractivity contribution is 6.02. The Labute approximate surface area is 267 Å². The Morgan fingerprint density at radius 2 is 1.87 bits per heavy atom. The van der Waals surface area contributed by atoms with Gasteiger partial charge in [0.25, 0.3) is 0 Å². The van der Waals surface area contributed by atoms with E-state index >= 15 is 0 Å². The molecule has 0 spiro atoms. The molecule has 10 nitrogen and oxygen atoms in total. The van der Waals surface area contributed by atoms with E-state index < -0.39 is 17.9 Å². The van der Waals surface area contributed by atoms with E-state index in [1.165, 1.54) is 7.11 Å². The van der Waals surface area contributed by atoms with Gasteiger partial charge >= 0.3 is 6.09 Å². The molecular weight excluding hydrogens is 576 g/mol. The van der Waals surface area contributed by atoms with E-state index in [4.69, 9.17) is 23.8 Å². The summed E-state index contributed by atoms with van der Waals surface area (Å²) in [5.74, 6) is -0.0804. The molecule has 1 fully saturated rings. The molecule has 4 rings (SSSR count). The second-order valence-electron chi connectivity index (χ2n) is 11.9. The number of fused-ring (bicyclic) bond motifs is 2. The number of ether oxygens (including phenoxy) is 4. The van der Waals surface area contributed by atoms with Crippen LogP contribution in [0.15, 0.2) is 60.3 Å². The lowest BCUT2D eigenvalue weighted by Crippen LogP contribution is -2.69. The summed E-state index contributed by atoms with van der Waals surface area (Å²) in [7, 11) is 3.24. The van der Waals surface area contributed by atoms with Gasteiger partial charge in [0, 0.05) is 38.2 Å². The molecule has 0 radical (unpaired) electrons. The van der Waals surface area contributed by atoms with Crippen LogP contribution >= 0.6 is 0 Å². The van der Waals surface area contributed by atoms with E-state index in [9.17, 15) is 15.0 Å². The molecule has 0 bridgehead atoms. The number of allylic oxidation sites excluding steroid dienone is 1. The minimum atomic E-state index is -1.29. The summed E-state index contributed by atoms with van der Waals surface area (Å²) >= 11 is 0. The van der Waals surface area contributed by atoms with E-state index in [2.05, 4.69) is 30.5 Å². The lowest BCUT2D eigenvalue weighted by molar-refractivity contribution is -0.253. The number of hydrogen-bond donors (Lipinski definition) is 2. The van der Waals surface area contributed by atoms with E-state index in [0.29, 0.717) is 37.4 Å². The topological polar surface area (TPSA) is 119 Å². The minimum absolute atomic E-state index is 0.107. The zero-order valence-corrected chi connectivity index (χ0v) is 27.0. The number of nitrogens with zero attached hydrogens (tertiary/aromatic N) is 2. The first-order chi connectivity index (χ1) is 21.9. The largest absolute Gasteiger partial charge is 0.490 e. The fourth-order valence-corrected chi connectivity index (χ4v) is 7.44. The standard InChI is InChI=1S/C35H50N2O8/c1-6-19-43-25-15-16-30-28(22-25)32-26(14-10-12-18-39)24(13-9-11-17-38)21-27-29(36-41-5)23-31(37(4)34(40)42-8-3)35(45-30,33(27)32)44-20-7-2/h6-7,15-16,21-22,24,26,31-33,38-39H,1-2,8-14,17-20,23H2,3-5H3. The highest BCUT2D eigenvalue weighted by atomic mass is 16.7. The molecular formula is C35H50N2O8. The number of oxime groups is 1. The van der Waals surface area contributed by atoms with Crippen molar-refractivity contribution in [3.63, 3.8) is 0 Å². The van der Waals surface area contributed by atoms with Gasteiger partial charge in [0.15, 0.2) is 0 Å². The Kier molecular flexibility index (Phi) is 12.5. The number of carbonyl (C=O) groups excluding carboxylic acids is 1. The van der Waals surface area contributed by atoms with Crippen molar-refractivity contribution in [1.29, 1.82) is 0 Å². The molecule has 6 unspecified atom stereocenters. The van der Waals surface area contributed by atoms with Gasteiger partial charge in [0.05, 0.1) is 24.8 Å². The van der Waals surface area contributed by atoms with E-state index in [1.54, 1.807) is 31.0 Å². The summed E-state index contributed by atoms with van der Waals surface area (Å²) in [6.07, 6.45) is 10.4. The second kappa shape index (κ2) is 16.3. The van der Waals surface area contributed by atoms with Gasteiger partial charge in [0.2, 0.25) is 5.79 Å². The first-order valence-corrected chi connectivity index (χ1v) is 16.1.